The summed E-state index contributed by atoms with van der Waals surface area (Å²) in [4.78, 5) is 22.9. The summed E-state index contributed by atoms with van der Waals surface area (Å²) < 4.78 is 18.8. The Labute approximate surface area is 230 Å². The van der Waals surface area contributed by atoms with Gasteiger partial charge in [0.05, 0.1) is 6.10 Å². The number of nitrogens with one attached hydrogen (secondary N) is 1. The van der Waals surface area contributed by atoms with E-state index in [0.29, 0.717) is 36.1 Å². The van der Waals surface area contributed by atoms with Gasteiger partial charge in [0.2, 0.25) is 5.91 Å². The normalized spacial score (nSPS) is 46.2. The van der Waals surface area contributed by atoms with Crippen molar-refractivity contribution < 1.29 is 23.8 Å². The molecule has 1 N–H and O–H groups in total. The number of hydrogen-bond donors (Lipinski definition) is 1. The van der Waals surface area contributed by atoms with Gasteiger partial charge in [-0.2, -0.15) is 0 Å². The zero-order valence-corrected chi connectivity index (χ0v) is 24.8. The van der Waals surface area contributed by atoms with Crippen LogP contribution in [0.2, 0.25) is 0 Å². The summed E-state index contributed by atoms with van der Waals surface area (Å²) in [7, 11) is 1.83. The van der Waals surface area contributed by atoms with Gasteiger partial charge in [0, 0.05) is 46.3 Å². The Hall–Kier alpha value is -1.40. The number of methoxy groups -OCH3 is 1. The molecule has 6 nitrogen and oxygen atoms in total. The van der Waals surface area contributed by atoms with Gasteiger partial charge in [-0.15, -0.1) is 0 Å². The Morgan fingerprint density at radius 3 is 2.63 bits per heavy atom. The summed E-state index contributed by atoms with van der Waals surface area (Å²) in [5, 5.41) is 2.96. The van der Waals surface area contributed by atoms with E-state index in [4.69, 9.17) is 14.2 Å². The number of ether oxygens (including phenoxy) is 3. The summed E-state index contributed by atoms with van der Waals surface area (Å²) in [6, 6.07) is 0. The first-order chi connectivity index (χ1) is 17.9. The molecule has 3 saturated carbocycles. The Bertz CT molecular complexity index is 963. The molecule has 0 unspecified atom stereocenters. The van der Waals surface area contributed by atoms with E-state index in [9.17, 15) is 9.59 Å². The van der Waals surface area contributed by atoms with Crippen LogP contribution in [0.4, 0.5) is 0 Å². The van der Waals surface area contributed by atoms with Crippen LogP contribution >= 0.6 is 0 Å². The van der Waals surface area contributed by atoms with Gasteiger partial charge in [-0.05, 0) is 85.4 Å². The second-order valence-corrected chi connectivity index (χ2v) is 14.1. The van der Waals surface area contributed by atoms with Crippen LogP contribution in [0.3, 0.4) is 0 Å². The molecule has 4 fully saturated rings. The van der Waals surface area contributed by atoms with Gasteiger partial charge in [0.1, 0.15) is 6.10 Å². The smallest absolute Gasteiger partial charge is 0.302 e. The van der Waals surface area contributed by atoms with E-state index < -0.39 is 5.79 Å². The first kappa shape index (κ1) is 28.1. The maximum Gasteiger partial charge on any atom is 0.302 e. The van der Waals surface area contributed by atoms with Crippen molar-refractivity contribution >= 4 is 11.9 Å². The van der Waals surface area contributed by atoms with E-state index in [2.05, 4.69) is 39.1 Å². The average molecular weight is 530 g/mol. The SMILES string of the molecule is CO[C@]1(CC[C@H](C)CNC(C)=O)O[C@@H]2C[C@@H]3[C@@H]4CC=C5C[C@H](OC(C)=O)CC[C@]5(C)[C@@H]4CC[C@]3(C)[C@@H]2[C@H]1C. The zero-order chi connectivity index (χ0) is 27.5. The van der Waals surface area contributed by atoms with Gasteiger partial charge < -0.3 is 19.5 Å². The Morgan fingerprint density at radius 1 is 1.18 bits per heavy atom. The van der Waals surface area contributed by atoms with E-state index in [1.807, 2.05) is 7.11 Å². The van der Waals surface area contributed by atoms with Crippen molar-refractivity contribution in [2.24, 2.45) is 46.3 Å². The molecule has 1 saturated heterocycles. The van der Waals surface area contributed by atoms with Crippen LogP contribution < -0.4 is 5.32 Å². The van der Waals surface area contributed by atoms with Gasteiger partial charge in [-0.25, -0.2) is 0 Å². The fourth-order valence-corrected chi connectivity index (χ4v) is 10.1. The predicted molar refractivity (Wildman–Crippen MR) is 147 cm³/mol. The molecule has 5 aliphatic rings. The fraction of sp³-hybridized carbons (Fsp3) is 0.875. The molecule has 0 aromatic carbocycles. The highest BCUT2D eigenvalue weighted by molar-refractivity contribution is 5.72. The lowest BCUT2D eigenvalue weighted by Crippen LogP contribution is -2.52. The van der Waals surface area contributed by atoms with Gasteiger partial charge in [-0.3, -0.25) is 9.59 Å². The molecule has 38 heavy (non-hydrogen) atoms. The number of fused-ring (bicyclic) bond motifs is 7. The maximum absolute atomic E-state index is 11.6. The molecule has 0 radical (unpaired) electrons. The standard InChI is InChI=1S/C32H51NO5/c1-19(18-33-21(3)34)10-15-32(36-7)20(2)29-28(38-32)17-27-25-9-8-23-16-24(37-22(4)35)11-13-30(23,5)26(25)12-14-31(27,29)6/h8,19-20,24-29H,9-18H2,1-7H3,(H,33,34)/t19-,20+,24+,25+,26+,27+,28+,29+,30-,31-,32+/m0/s1. The third-order valence-corrected chi connectivity index (χ3v) is 12.1. The molecule has 1 amide bonds. The topological polar surface area (TPSA) is 73.9 Å². The first-order valence-corrected chi connectivity index (χ1v) is 15.3. The fourth-order valence-electron chi connectivity index (χ4n) is 10.1. The molecule has 0 bridgehead atoms. The number of allylic oxidation sites excluding steroid dienone is 1. The number of esters is 1. The summed E-state index contributed by atoms with van der Waals surface area (Å²) in [5.41, 5.74) is 2.07. The Balaban J connectivity index is 1.30. The van der Waals surface area contributed by atoms with Crippen LogP contribution in [-0.4, -0.2) is 43.5 Å². The van der Waals surface area contributed by atoms with Crippen molar-refractivity contribution in [1.29, 1.82) is 0 Å². The van der Waals surface area contributed by atoms with Crippen molar-refractivity contribution in [3.63, 3.8) is 0 Å². The van der Waals surface area contributed by atoms with Crippen LogP contribution in [0.15, 0.2) is 11.6 Å². The lowest BCUT2D eigenvalue weighted by Gasteiger charge is -2.58. The van der Waals surface area contributed by atoms with Gasteiger partial charge in [0.15, 0.2) is 5.79 Å². The van der Waals surface area contributed by atoms with Crippen LogP contribution in [0.1, 0.15) is 99.3 Å². The highest BCUT2D eigenvalue weighted by Gasteiger charge is 2.68. The third kappa shape index (κ3) is 4.56. The summed E-state index contributed by atoms with van der Waals surface area (Å²) >= 11 is 0. The van der Waals surface area contributed by atoms with Gasteiger partial charge in [0.25, 0.3) is 0 Å². The Morgan fingerprint density at radius 2 is 1.95 bits per heavy atom. The third-order valence-electron chi connectivity index (χ3n) is 12.1. The molecule has 0 spiro atoms. The molecular weight excluding hydrogens is 478 g/mol. The van der Waals surface area contributed by atoms with E-state index in [-0.39, 0.29) is 34.9 Å². The summed E-state index contributed by atoms with van der Waals surface area (Å²) in [6.45, 7) is 13.5. The van der Waals surface area contributed by atoms with E-state index in [1.54, 1.807) is 12.5 Å². The van der Waals surface area contributed by atoms with Gasteiger partial charge >= 0.3 is 5.97 Å². The lowest BCUT2D eigenvalue weighted by atomic mass is 9.47. The van der Waals surface area contributed by atoms with Crippen molar-refractivity contribution in [3.05, 3.63) is 11.6 Å². The van der Waals surface area contributed by atoms with Gasteiger partial charge in [-0.1, -0.05) is 39.3 Å². The van der Waals surface area contributed by atoms with Crippen molar-refractivity contribution in [1.82, 2.24) is 5.32 Å². The molecule has 4 aliphatic carbocycles. The van der Waals surface area contributed by atoms with Crippen molar-refractivity contribution in [2.75, 3.05) is 13.7 Å². The zero-order valence-electron chi connectivity index (χ0n) is 24.8. The van der Waals surface area contributed by atoms with E-state index in [1.165, 1.54) is 19.8 Å². The Kier molecular flexibility index (Phi) is 7.56. The molecule has 5 rings (SSSR count). The number of carbonyl (C=O) groups is 2. The van der Waals surface area contributed by atoms with E-state index in [0.717, 1.165) is 50.9 Å². The molecule has 0 aromatic heterocycles. The molecule has 1 heterocycles. The van der Waals surface area contributed by atoms with Crippen LogP contribution in [-0.2, 0) is 23.8 Å². The summed E-state index contributed by atoms with van der Waals surface area (Å²) in [6.07, 6.45) is 12.6. The number of amides is 1. The average Bonchev–Trinajstić information content (AvgIpc) is 3.31. The van der Waals surface area contributed by atoms with Crippen LogP contribution in [0, 0.1) is 46.3 Å². The highest BCUT2D eigenvalue weighted by atomic mass is 16.7. The van der Waals surface area contributed by atoms with Crippen molar-refractivity contribution in [2.45, 2.75) is 117 Å². The molecule has 6 heteroatoms. The number of rotatable bonds is 7. The summed E-state index contributed by atoms with van der Waals surface area (Å²) in [5.74, 6) is 2.74. The lowest BCUT2D eigenvalue weighted by molar-refractivity contribution is -0.238. The quantitative estimate of drug-likeness (QED) is 0.322. The largest absolute Gasteiger partial charge is 0.462 e. The number of carbonyl (C=O) groups excluding carboxylic acids is 2. The maximum atomic E-state index is 11.6. The minimum atomic E-state index is -0.522. The monoisotopic (exact) mass is 529 g/mol. The molecular formula is C32H51NO5. The highest BCUT2D eigenvalue weighted by Crippen LogP contribution is 2.70. The molecule has 0 aromatic rings. The minimum Gasteiger partial charge on any atom is -0.462 e. The predicted octanol–water partition coefficient (Wildman–Crippen LogP) is 6.04. The van der Waals surface area contributed by atoms with Crippen LogP contribution in [0.5, 0.6) is 0 Å². The van der Waals surface area contributed by atoms with Crippen LogP contribution in [0.25, 0.3) is 0 Å². The first-order valence-electron chi connectivity index (χ1n) is 15.3. The van der Waals surface area contributed by atoms with Crippen molar-refractivity contribution in [3.8, 4) is 0 Å². The molecule has 214 valence electrons. The second kappa shape index (κ2) is 10.2. The number of hydrogen-bond acceptors (Lipinski definition) is 5. The minimum absolute atomic E-state index is 0.0314. The van der Waals surface area contributed by atoms with E-state index >= 15 is 0 Å². The molecule has 1 aliphatic heterocycles. The molecule has 11 atom stereocenters. The second-order valence-electron chi connectivity index (χ2n) is 14.1.